The standard InChI is InChI=1S/C14H9ClN2O/c15-12-7-5-10(6-8-12)14(18)17-13-4-2-1-3-11(13)9-16/h1-8H,(H,17,18). The van der Waals surface area contributed by atoms with Crippen LogP contribution in [-0.4, -0.2) is 5.91 Å². The molecule has 0 spiro atoms. The van der Waals surface area contributed by atoms with E-state index < -0.39 is 0 Å². The number of anilines is 1. The van der Waals surface area contributed by atoms with Crippen molar-refractivity contribution >= 4 is 23.2 Å². The van der Waals surface area contributed by atoms with E-state index in [9.17, 15) is 4.79 Å². The second-order valence-corrected chi connectivity index (χ2v) is 4.05. The Bertz CT molecular complexity index is 614. The Morgan fingerprint density at radius 2 is 1.78 bits per heavy atom. The van der Waals surface area contributed by atoms with E-state index in [1.807, 2.05) is 6.07 Å². The Hall–Kier alpha value is -2.31. The van der Waals surface area contributed by atoms with Gasteiger partial charge in [0.25, 0.3) is 5.91 Å². The minimum absolute atomic E-state index is 0.269. The molecule has 2 aromatic rings. The van der Waals surface area contributed by atoms with Gasteiger partial charge in [0.1, 0.15) is 6.07 Å². The first-order chi connectivity index (χ1) is 8.70. The summed E-state index contributed by atoms with van der Waals surface area (Å²) in [6, 6.07) is 15.4. The molecule has 4 heteroatoms. The second-order valence-electron chi connectivity index (χ2n) is 3.62. The minimum Gasteiger partial charge on any atom is -0.321 e. The topological polar surface area (TPSA) is 52.9 Å². The summed E-state index contributed by atoms with van der Waals surface area (Å²) in [6.45, 7) is 0. The lowest BCUT2D eigenvalue weighted by Gasteiger charge is -2.06. The van der Waals surface area contributed by atoms with Crippen molar-refractivity contribution in [3.63, 3.8) is 0 Å². The summed E-state index contributed by atoms with van der Waals surface area (Å²) in [5, 5.41) is 12.2. The zero-order valence-corrected chi connectivity index (χ0v) is 10.1. The fourth-order valence-electron chi connectivity index (χ4n) is 1.49. The fourth-order valence-corrected chi connectivity index (χ4v) is 1.61. The number of rotatable bonds is 2. The molecule has 2 rings (SSSR count). The number of nitriles is 1. The summed E-state index contributed by atoms with van der Waals surface area (Å²) in [4.78, 5) is 11.9. The van der Waals surface area contributed by atoms with Crippen LogP contribution in [0.5, 0.6) is 0 Å². The highest BCUT2D eigenvalue weighted by atomic mass is 35.5. The van der Waals surface area contributed by atoms with Crippen molar-refractivity contribution < 1.29 is 4.79 Å². The Balaban J connectivity index is 2.22. The number of carbonyl (C=O) groups excluding carboxylic acids is 1. The molecule has 0 atom stereocenters. The Labute approximate surface area is 110 Å². The minimum atomic E-state index is -0.269. The van der Waals surface area contributed by atoms with E-state index in [0.717, 1.165) is 0 Å². The van der Waals surface area contributed by atoms with E-state index in [1.54, 1.807) is 48.5 Å². The van der Waals surface area contributed by atoms with Gasteiger partial charge in [-0.2, -0.15) is 5.26 Å². The summed E-state index contributed by atoms with van der Waals surface area (Å²) in [6.07, 6.45) is 0. The number of nitrogens with one attached hydrogen (secondary N) is 1. The van der Waals surface area contributed by atoms with Gasteiger partial charge in [0.2, 0.25) is 0 Å². The summed E-state index contributed by atoms with van der Waals surface area (Å²) >= 11 is 5.75. The van der Waals surface area contributed by atoms with Crippen LogP contribution in [0, 0.1) is 11.3 Å². The van der Waals surface area contributed by atoms with E-state index in [-0.39, 0.29) is 5.91 Å². The van der Waals surface area contributed by atoms with Crippen LogP contribution < -0.4 is 5.32 Å². The molecule has 1 N–H and O–H groups in total. The summed E-state index contributed by atoms with van der Waals surface area (Å²) in [5.41, 5.74) is 1.42. The van der Waals surface area contributed by atoms with Crippen molar-refractivity contribution in [1.29, 1.82) is 5.26 Å². The first kappa shape index (κ1) is 12.2. The zero-order valence-electron chi connectivity index (χ0n) is 9.35. The highest BCUT2D eigenvalue weighted by Gasteiger charge is 2.08. The van der Waals surface area contributed by atoms with E-state index in [1.165, 1.54) is 0 Å². The molecule has 0 unspecified atom stereocenters. The molecule has 0 radical (unpaired) electrons. The maximum Gasteiger partial charge on any atom is 0.255 e. The first-order valence-corrected chi connectivity index (χ1v) is 5.64. The third-order valence-electron chi connectivity index (χ3n) is 2.40. The van der Waals surface area contributed by atoms with Crippen LogP contribution in [0.2, 0.25) is 5.02 Å². The predicted octanol–water partition coefficient (Wildman–Crippen LogP) is 3.46. The van der Waals surface area contributed by atoms with E-state index in [0.29, 0.717) is 21.8 Å². The van der Waals surface area contributed by atoms with Gasteiger partial charge in [-0.05, 0) is 36.4 Å². The van der Waals surface area contributed by atoms with Crippen LogP contribution >= 0.6 is 11.6 Å². The van der Waals surface area contributed by atoms with Crippen molar-refractivity contribution in [2.75, 3.05) is 5.32 Å². The third-order valence-corrected chi connectivity index (χ3v) is 2.65. The molecule has 0 heterocycles. The molecular weight excluding hydrogens is 248 g/mol. The molecule has 0 aliphatic heterocycles. The average molecular weight is 257 g/mol. The monoisotopic (exact) mass is 256 g/mol. The van der Waals surface area contributed by atoms with Crippen LogP contribution in [-0.2, 0) is 0 Å². The molecule has 0 aliphatic rings. The van der Waals surface area contributed by atoms with Gasteiger partial charge >= 0.3 is 0 Å². The number of carbonyl (C=O) groups is 1. The Morgan fingerprint density at radius 1 is 1.11 bits per heavy atom. The highest BCUT2D eigenvalue weighted by molar-refractivity contribution is 6.30. The smallest absolute Gasteiger partial charge is 0.255 e. The molecule has 88 valence electrons. The third kappa shape index (κ3) is 2.68. The molecule has 0 aromatic heterocycles. The molecule has 0 saturated heterocycles. The molecular formula is C14H9ClN2O. The number of amides is 1. The van der Waals surface area contributed by atoms with Gasteiger partial charge in [0, 0.05) is 10.6 Å². The maximum atomic E-state index is 11.9. The Morgan fingerprint density at radius 3 is 2.44 bits per heavy atom. The van der Waals surface area contributed by atoms with E-state index in [4.69, 9.17) is 16.9 Å². The van der Waals surface area contributed by atoms with Crippen molar-refractivity contribution in [2.24, 2.45) is 0 Å². The highest BCUT2D eigenvalue weighted by Crippen LogP contribution is 2.16. The summed E-state index contributed by atoms with van der Waals surface area (Å²) in [5.74, 6) is -0.269. The Kier molecular flexibility index (Phi) is 3.61. The molecule has 0 bridgehead atoms. The molecule has 1 amide bonds. The van der Waals surface area contributed by atoms with Gasteiger partial charge in [-0.1, -0.05) is 23.7 Å². The number of halogens is 1. The lowest BCUT2D eigenvalue weighted by atomic mass is 10.1. The largest absolute Gasteiger partial charge is 0.321 e. The number of para-hydroxylation sites is 1. The van der Waals surface area contributed by atoms with Gasteiger partial charge in [-0.15, -0.1) is 0 Å². The van der Waals surface area contributed by atoms with Crippen molar-refractivity contribution in [3.8, 4) is 6.07 Å². The molecule has 0 fully saturated rings. The normalized spacial score (nSPS) is 9.56. The lowest BCUT2D eigenvalue weighted by molar-refractivity contribution is 0.102. The summed E-state index contributed by atoms with van der Waals surface area (Å²) in [7, 11) is 0. The zero-order chi connectivity index (χ0) is 13.0. The number of hydrogen-bond acceptors (Lipinski definition) is 2. The van der Waals surface area contributed by atoms with Gasteiger partial charge in [0.05, 0.1) is 11.3 Å². The van der Waals surface area contributed by atoms with Gasteiger partial charge in [-0.25, -0.2) is 0 Å². The average Bonchev–Trinajstić information content (AvgIpc) is 2.40. The molecule has 2 aromatic carbocycles. The van der Waals surface area contributed by atoms with Crippen LogP contribution in [0.1, 0.15) is 15.9 Å². The van der Waals surface area contributed by atoms with E-state index in [2.05, 4.69) is 5.32 Å². The van der Waals surface area contributed by atoms with Gasteiger partial charge < -0.3 is 5.32 Å². The van der Waals surface area contributed by atoms with Gasteiger partial charge in [0.15, 0.2) is 0 Å². The molecule has 0 aliphatic carbocycles. The quantitative estimate of drug-likeness (QED) is 0.895. The van der Waals surface area contributed by atoms with Gasteiger partial charge in [-0.3, -0.25) is 4.79 Å². The fraction of sp³-hybridized carbons (Fsp3) is 0. The SMILES string of the molecule is N#Cc1ccccc1NC(=O)c1ccc(Cl)cc1. The molecule has 0 saturated carbocycles. The van der Waals surface area contributed by atoms with Crippen molar-refractivity contribution in [1.82, 2.24) is 0 Å². The second kappa shape index (κ2) is 5.35. The summed E-state index contributed by atoms with van der Waals surface area (Å²) < 4.78 is 0. The number of nitrogens with zero attached hydrogens (tertiary/aromatic N) is 1. The van der Waals surface area contributed by atoms with Crippen LogP contribution in [0.4, 0.5) is 5.69 Å². The molecule has 3 nitrogen and oxygen atoms in total. The van der Waals surface area contributed by atoms with Crippen LogP contribution in [0.25, 0.3) is 0 Å². The van der Waals surface area contributed by atoms with Crippen molar-refractivity contribution in [2.45, 2.75) is 0 Å². The first-order valence-electron chi connectivity index (χ1n) is 5.27. The van der Waals surface area contributed by atoms with Crippen LogP contribution in [0.3, 0.4) is 0 Å². The lowest BCUT2D eigenvalue weighted by Crippen LogP contribution is -2.12. The predicted molar refractivity (Wildman–Crippen MR) is 70.6 cm³/mol. The van der Waals surface area contributed by atoms with Crippen LogP contribution in [0.15, 0.2) is 48.5 Å². The van der Waals surface area contributed by atoms with E-state index >= 15 is 0 Å². The number of benzene rings is 2. The van der Waals surface area contributed by atoms with Crippen molar-refractivity contribution in [3.05, 3.63) is 64.7 Å². The maximum absolute atomic E-state index is 11.9. The molecule has 18 heavy (non-hydrogen) atoms. The number of hydrogen-bond donors (Lipinski definition) is 1.